The van der Waals surface area contributed by atoms with Gasteiger partial charge in [0.25, 0.3) is 5.89 Å². The van der Waals surface area contributed by atoms with Crippen LogP contribution in [0.2, 0.25) is 0 Å². The lowest BCUT2D eigenvalue weighted by Crippen LogP contribution is -1.99. The number of benzene rings is 1. The second-order valence-corrected chi connectivity index (χ2v) is 5.38. The maximum atomic E-state index is 13.3. The zero-order valence-electron chi connectivity index (χ0n) is 11.3. The Balaban J connectivity index is 1.87. The van der Waals surface area contributed by atoms with Gasteiger partial charge in [0.1, 0.15) is 5.82 Å². The first-order chi connectivity index (χ1) is 9.74. The van der Waals surface area contributed by atoms with Gasteiger partial charge in [-0.25, -0.2) is 4.39 Å². The van der Waals surface area contributed by atoms with Gasteiger partial charge in [0.15, 0.2) is 5.82 Å². The van der Waals surface area contributed by atoms with Crippen LogP contribution in [0.4, 0.5) is 10.1 Å². The number of hydrogen-bond acceptors (Lipinski definition) is 4. The molecule has 0 atom stereocenters. The number of aromatic nitrogens is 2. The van der Waals surface area contributed by atoms with Crippen LogP contribution in [0, 0.1) is 5.82 Å². The van der Waals surface area contributed by atoms with E-state index >= 15 is 0 Å². The largest absolute Gasteiger partial charge is 0.398 e. The summed E-state index contributed by atoms with van der Waals surface area (Å²) in [5, 5.41) is 4.06. The summed E-state index contributed by atoms with van der Waals surface area (Å²) >= 11 is 0. The first kappa shape index (κ1) is 13.1. The lowest BCUT2D eigenvalue weighted by atomic mass is 10.00. The molecule has 3 rings (SSSR count). The quantitative estimate of drug-likeness (QED) is 0.667. The van der Waals surface area contributed by atoms with Crippen molar-refractivity contribution in [1.29, 1.82) is 0 Å². The molecular weight excluding hydrogens is 257 g/mol. The number of nitrogens with zero attached hydrogens (tertiary/aromatic N) is 2. The normalized spacial score (nSPS) is 17.1. The van der Waals surface area contributed by atoms with Gasteiger partial charge in [-0.3, -0.25) is 0 Å². The van der Waals surface area contributed by atoms with Gasteiger partial charge in [0.05, 0.1) is 5.56 Å². The highest BCUT2D eigenvalue weighted by molar-refractivity contribution is 5.70. The van der Waals surface area contributed by atoms with Gasteiger partial charge in [-0.1, -0.05) is 30.8 Å². The fourth-order valence-electron chi connectivity index (χ4n) is 2.76. The predicted molar refractivity (Wildman–Crippen MR) is 74.5 cm³/mol. The fraction of sp³-hybridized carbons (Fsp3) is 0.467. The van der Waals surface area contributed by atoms with E-state index in [0.717, 1.165) is 18.7 Å². The first-order valence-electron chi connectivity index (χ1n) is 7.13. The molecule has 0 saturated heterocycles. The second-order valence-electron chi connectivity index (χ2n) is 5.38. The Hall–Kier alpha value is -1.91. The van der Waals surface area contributed by atoms with E-state index in [0.29, 0.717) is 23.1 Å². The summed E-state index contributed by atoms with van der Waals surface area (Å²) in [6.07, 6.45) is 7.15. The maximum Gasteiger partial charge on any atom is 0.260 e. The predicted octanol–water partition coefficient (Wildman–Crippen LogP) is 3.90. The number of rotatable bonds is 2. The molecule has 1 aliphatic carbocycles. The van der Waals surface area contributed by atoms with Gasteiger partial charge < -0.3 is 10.3 Å². The Morgan fingerprint density at radius 1 is 1.15 bits per heavy atom. The van der Waals surface area contributed by atoms with Gasteiger partial charge in [-0.05, 0) is 31.0 Å². The summed E-state index contributed by atoms with van der Waals surface area (Å²) in [5.74, 6) is 1.03. The molecule has 0 aliphatic heterocycles. The molecule has 20 heavy (non-hydrogen) atoms. The summed E-state index contributed by atoms with van der Waals surface area (Å²) in [6.45, 7) is 0. The van der Waals surface area contributed by atoms with Crippen molar-refractivity contribution in [2.45, 2.75) is 44.4 Å². The van der Waals surface area contributed by atoms with Crippen molar-refractivity contribution in [2.75, 3.05) is 5.73 Å². The van der Waals surface area contributed by atoms with E-state index in [-0.39, 0.29) is 5.82 Å². The molecule has 0 unspecified atom stereocenters. The highest BCUT2D eigenvalue weighted by Gasteiger charge is 2.21. The van der Waals surface area contributed by atoms with Crippen LogP contribution in [0.25, 0.3) is 11.5 Å². The molecule has 1 aliphatic rings. The van der Waals surface area contributed by atoms with E-state index in [1.807, 2.05) is 0 Å². The molecule has 2 aromatic rings. The lowest BCUT2D eigenvalue weighted by molar-refractivity contribution is 0.410. The molecule has 1 saturated carbocycles. The van der Waals surface area contributed by atoms with E-state index in [2.05, 4.69) is 10.1 Å². The van der Waals surface area contributed by atoms with E-state index in [1.165, 1.54) is 43.9 Å². The molecule has 2 N–H and O–H groups in total. The van der Waals surface area contributed by atoms with Crippen LogP contribution in [0.5, 0.6) is 0 Å². The monoisotopic (exact) mass is 275 g/mol. The third-order valence-electron chi connectivity index (χ3n) is 3.91. The molecule has 5 heteroatoms. The maximum absolute atomic E-state index is 13.3. The average molecular weight is 275 g/mol. The number of halogens is 1. The van der Waals surface area contributed by atoms with Gasteiger partial charge in [0.2, 0.25) is 0 Å². The summed E-state index contributed by atoms with van der Waals surface area (Å²) in [4.78, 5) is 4.42. The van der Waals surface area contributed by atoms with Crippen LogP contribution in [0.3, 0.4) is 0 Å². The number of nitrogen functional groups attached to an aromatic ring is 1. The molecule has 0 radical (unpaired) electrons. The average Bonchev–Trinajstić information content (AvgIpc) is 2.77. The fourth-order valence-corrected chi connectivity index (χ4v) is 2.76. The molecule has 0 spiro atoms. The van der Waals surface area contributed by atoms with E-state index < -0.39 is 0 Å². The SMILES string of the molecule is Nc1ccc(F)cc1-c1nc(C2CCCCCC2)no1. The van der Waals surface area contributed by atoms with Crippen LogP contribution in [0.1, 0.15) is 50.3 Å². The Labute approximate surface area is 117 Å². The molecule has 1 fully saturated rings. The standard InChI is InChI=1S/C15H18FN3O/c16-11-7-8-13(17)12(9-11)15-18-14(19-20-15)10-5-3-1-2-4-6-10/h7-10H,1-6,17H2. The molecule has 106 valence electrons. The Morgan fingerprint density at radius 2 is 1.90 bits per heavy atom. The third kappa shape index (κ3) is 2.66. The molecule has 0 amide bonds. The second kappa shape index (κ2) is 5.61. The Bertz CT molecular complexity index is 589. The van der Waals surface area contributed by atoms with Crippen molar-refractivity contribution in [3.05, 3.63) is 29.8 Å². The number of anilines is 1. The summed E-state index contributed by atoms with van der Waals surface area (Å²) in [6, 6.07) is 4.17. The Morgan fingerprint density at radius 3 is 2.65 bits per heavy atom. The highest BCUT2D eigenvalue weighted by atomic mass is 19.1. The number of nitrogens with two attached hydrogens (primary N) is 1. The van der Waals surface area contributed by atoms with Gasteiger partial charge in [-0.2, -0.15) is 4.98 Å². The van der Waals surface area contributed by atoms with Crippen molar-refractivity contribution in [1.82, 2.24) is 10.1 Å². The first-order valence-corrected chi connectivity index (χ1v) is 7.13. The van der Waals surface area contributed by atoms with E-state index in [9.17, 15) is 4.39 Å². The lowest BCUT2D eigenvalue weighted by Gasteiger charge is -2.07. The molecule has 1 aromatic carbocycles. The molecular formula is C15H18FN3O. The van der Waals surface area contributed by atoms with Crippen LogP contribution in [-0.4, -0.2) is 10.1 Å². The minimum Gasteiger partial charge on any atom is -0.398 e. The summed E-state index contributed by atoms with van der Waals surface area (Å²) in [5.41, 5.74) is 6.76. The Kier molecular flexibility index (Phi) is 3.67. The topological polar surface area (TPSA) is 64.9 Å². The molecule has 1 aromatic heterocycles. The zero-order chi connectivity index (χ0) is 13.9. The minimum absolute atomic E-state index is 0.307. The summed E-state index contributed by atoms with van der Waals surface area (Å²) < 4.78 is 18.6. The van der Waals surface area contributed by atoms with Crippen molar-refractivity contribution in [3.63, 3.8) is 0 Å². The molecule has 4 nitrogen and oxygen atoms in total. The minimum atomic E-state index is -0.358. The van der Waals surface area contributed by atoms with Gasteiger partial charge >= 0.3 is 0 Å². The van der Waals surface area contributed by atoms with E-state index in [4.69, 9.17) is 10.3 Å². The molecule has 1 heterocycles. The van der Waals surface area contributed by atoms with Crippen LogP contribution in [-0.2, 0) is 0 Å². The zero-order valence-corrected chi connectivity index (χ0v) is 11.3. The van der Waals surface area contributed by atoms with Crippen LogP contribution < -0.4 is 5.73 Å². The third-order valence-corrected chi connectivity index (χ3v) is 3.91. The molecule has 0 bridgehead atoms. The van der Waals surface area contributed by atoms with Gasteiger partial charge in [-0.15, -0.1) is 0 Å². The van der Waals surface area contributed by atoms with Crippen molar-refractivity contribution in [2.24, 2.45) is 0 Å². The van der Waals surface area contributed by atoms with Crippen LogP contribution in [0.15, 0.2) is 22.7 Å². The van der Waals surface area contributed by atoms with Crippen molar-refractivity contribution >= 4 is 5.69 Å². The summed E-state index contributed by atoms with van der Waals surface area (Å²) in [7, 11) is 0. The van der Waals surface area contributed by atoms with E-state index in [1.54, 1.807) is 0 Å². The van der Waals surface area contributed by atoms with Crippen molar-refractivity contribution in [3.8, 4) is 11.5 Å². The van der Waals surface area contributed by atoms with Crippen LogP contribution >= 0.6 is 0 Å². The smallest absolute Gasteiger partial charge is 0.260 e. The number of hydrogen-bond donors (Lipinski definition) is 1. The highest BCUT2D eigenvalue weighted by Crippen LogP contribution is 2.32. The van der Waals surface area contributed by atoms with Crippen molar-refractivity contribution < 1.29 is 8.91 Å². The van der Waals surface area contributed by atoms with Gasteiger partial charge in [0, 0.05) is 11.6 Å².